The lowest BCUT2D eigenvalue weighted by molar-refractivity contribution is -0.555. The van der Waals surface area contributed by atoms with Crippen molar-refractivity contribution in [2.24, 2.45) is 0 Å². The molecule has 3 aliphatic heterocycles. The number of benzene rings is 2. The molecule has 0 atom stereocenters. The Kier molecular flexibility index (Phi) is 4.15. The average molecular weight is 429 g/mol. The van der Waals surface area contributed by atoms with Gasteiger partial charge in [-0.3, -0.25) is 0 Å². The highest BCUT2D eigenvalue weighted by Crippen LogP contribution is 2.44. The third-order valence-electron chi connectivity index (χ3n) is 8.17. The van der Waals surface area contributed by atoms with Crippen LogP contribution in [0.1, 0.15) is 27.7 Å². The van der Waals surface area contributed by atoms with Crippen molar-refractivity contribution in [3.05, 3.63) is 54.7 Å². The minimum Gasteiger partial charge on any atom is -0.495 e. The van der Waals surface area contributed by atoms with E-state index in [2.05, 4.69) is 104 Å². The number of likely N-dealkylation sites (N-methyl/N-ethyl adjacent to an activating group) is 1. The number of anilines is 1. The van der Waals surface area contributed by atoms with Crippen molar-refractivity contribution in [2.75, 3.05) is 38.1 Å². The number of rotatable bonds is 1. The van der Waals surface area contributed by atoms with Gasteiger partial charge in [-0.15, -0.1) is 0 Å². The summed E-state index contributed by atoms with van der Waals surface area (Å²) in [5.74, 6) is 0. The summed E-state index contributed by atoms with van der Waals surface area (Å²) in [6.45, 7) is 11.0. The van der Waals surface area contributed by atoms with Crippen LogP contribution in [0.4, 0.5) is 5.69 Å². The van der Waals surface area contributed by atoms with Crippen LogP contribution in [0.2, 0.25) is 0 Å². The van der Waals surface area contributed by atoms with E-state index in [4.69, 9.17) is 9.31 Å². The summed E-state index contributed by atoms with van der Waals surface area (Å²) in [6.07, 6.45) is 2.16. The van der Waals surface area contributed by atoms with Crippen LogP contribution in [-0.2, 0) is 9.31 Å². The Bertz CT molecular complexity index is 1210. The van der Waals surface area contributed by atoms with Crippen molar-refractivity contribution in [3.8, 4) is 11.3 Å². The van der Waals surface area contributed by atoms with Gasteiger partial charge in [-0.1, -0.05) is 29.7 Å². The van der Waals surface area contributed by atoms with E-state index in [1.807, 2.05) is 0 Å². The lowest BCUT2D eigenvalue weighted by Crippen LogP contribution is -2.71. The van der Waals surface area contributed by atoms with Gasteiger partial charge in [-0.05, 0) is 58.3 Å². The fraction of sp³-hybridized carbons (Fsp3) is 0.423. The maximum Gasteiger partial charge on any atom is 0.578 e. The molecule has 32 heavy (non-hydrogen) atoms. The van der Waals surface area contributed by atoms with E-state index < -0.39 is 17.9 Å². The molecule has 0 saturated carbocycles. The van der Waals surface area contributed by atoms with Crippen LogP contribution in [0, 0.1) is 0 Å². The summed E-state index contributed by atoms with van der Waals surface area (Å²) < 4.78 is 16.2. The lowest BCUT2D eigenvalue weighted by atomic mass is 9.64. The standard InChI is InChI=1S/C26H32BN3O2/c1-25(2)26(3,4)32-27(31-25)23-18-20(29-16-14-28(5)15-17-29)10-11-22(23)24-21-9-7-6-8-19(21)12-13-30(24)27/h6-13,18H,14-17H2,1-5H3. The number of piperazine rings is 1. The Balaban J connectivity index is 1.59. The topological polar surface area (TPSA) is 28.8 Å². The second-order valence-electron chi connectivity index (χ2n) is 10.6. The minimum atomic E-state index is -1.85. The zero-order chi connectivity index (χ0) is 22.3. The second-order valence-corrected chi connectivity index (χ2v) is 10.6. The van der Waals surface area contributed by atoms with Crippen molar-refractivity contribution in [1.29, 1.82) is 0 Å². The van der Waals surface area contributed by atoms with Gasteiger partial charge in [0.15, 0.2) is 5.69 Å². The molecule has 1 spiro atoms. The van der Waals surface area contributed by atoms with Gasteiger partial charge in [0.2, 0.25) is 0 Å². The van der Waals surface area contributed by atoms with Gasteiger partial charge in [0.05, 0.1) is 0 Å². The molecule has 0 bridgehead atoms. The smallest absolute Gasteiger partial charge is 0.495 e. The fourth-order valence-electron chi connectivity index (χ4n) is 5.63. The van der Waals surface area contributed by atoms with Gasteiger partial charge in [-0.25, -0.2) is 0 Å². The first-order valence-electron chi connectivity index (χ1n) is 11.8. The van der Waals surface area contributed by atoms with E-state index in [0.717, 1.165) is 31.6 Å². The van der Waals surface area contributed by atoms with Gasteiger partial charge in [-0.2, -0.15) is 0 Å². The Morgan fingerprint density at radius 3 is 2.28 bits per heavy atom. The largest absolute Gasteiger partial charge is 0.578 e. The molecule has 4 heterocycles. The normalized spacial score (nSPS) is 23.0. The number of fused-ring (bicyclic) bond motifs is 7. The third-order valence-corrected chi connectivity index (χ3v) is 8.17. The Hall–Kier alpha value is -2.41. The van der Waals surface area contributed by atoms with Crippen molar-refractivity contribution >= 4 is 28.6 Å². The zero-order valence-corrected chi connectivity index (χ0v) is 19.8. The maximum absolute atomic E-state index is 6.95. The summed E-state index contributed by atoms with van der Waals surface area (Å²) in [5, 5.41) is 2.47. The van der Waals surface area contributed by atoms with Crippen LogP contribution in [-0.4, -0.2) is 56.0 Å². The molecular weight excluding hydrogens is 397 g/mol. The first-order chi connectivity index (χ1) is 15.2. The quantitative estimate of drug-likeness (QED) is 0.556. The van der Waals surface area contributed by atoms with Crippen molar-refractivity contribution in [3.63, 3.8) is 0 Å². The Labute approximate surface area is 190 Å². The molecule has 5 nitrogen and oxygen atoms in total. The molecule has 1 aromatic heterocycles. The number of aromatic nitrogens is 1. The monoisotopic (exact) mass is 429 g/mol. The fourth-order valence-corrected chi connectivity index (χ4v) is 5.63. The van der Waals surface area contributed by atoms with Crippen LogP contribution < -0.4 is 14.8 Å². The SMILES string of the molecule is CN1CCN(c2ccc3c(c2)[B-]2(OC(C)(C)C(C)(C)O2)[n+]2ccc4ccccc4c2-3)CC1. The zero-order valence-electron chi connectivity index (χ0n) is 19.8. The van der Waals surface area contributed by atoms with Crippen LogP contribution in [0.5, 0.6) is 0 Å². The predicted octanol–water partition coefficient (Wildman–Crippen LogP) is 3.16. The molecule has 6 heteroatoms. The maximum atomic E-state index is 6.95. The summed E-state index contributed by atoms with van der Waals surface area (Å²) in [6, 6.07) is 17.7. The molecule has 0 N–H and O–H groups in total. The van der Waals surface area contributed by atoms with Crippen LogP contribution in [0.3, 0.4) is 0 Å². The molecule has 2 saturated heterocycles. The van der Waals surface area contributed by atoms with Crippen LogP contribution in [0.15, 0.2) is 54.7 Å². The molecule has 0 radical (unpaired) electrons. The predicted molar refractivity (Wildman–Crippen MR) is 130 cm³/mol. The molecule has 3 aromatic rings. The molecular formula is C26H32BN3O2. The van der Waals surface area contributed by atoms with E-state index in [-0.39, 0.29) is 0 Å². The first-order valence-corrected chi connectivity index (χ1v) is 11.8. The highest BCUT2D eigenvalue weighted by molar-refractivity contribution is 6.77. The number of nitrogens with zero attached hydrogens (tertiary/aromatic N) is 3. The molecule has 166 valence electrons. The molecule has 3 aliphatic rings. The second kappa shape index (κ2) is 6.56. The van der Waals surface area contributed by atoms with Crippen molar-refractivity contribution < 1.29 is 13.8 Å². The van der Waals surface area contributed by atoms with Gasteiger partial charge in [0.1, 0.15) is 6.20 Å². The molecule has 6 rings (SSSR count). The van der Waals surface area contributed by atoms with Crippen molar-refractivity contribution in [1.82, 2.24) is 4.90 Å². The molecule has 0 unspecified atom stereocenters. The number of pyridine rings is 1. The van der Waals surface area contributed by atoms with E-state index in [1.165, 1.54) is 27.7 Å². The van der Waals surface area contributed by atoms with Crippen molar-refractivity contribution in [2.45, 2.75) is 38.9 Å². The summed E-state index contributed by atoms with van der Waals surface area (Å²) in [5.41, 5.74) is 3.98. The lowest BCUT2D eigenvalue weighted by Gasteiger charge is -2.35. The van der Waals surface area contributed by atoms with Crippen LogP contribution >= 0.6 is 0 Å². The molecule has 2 aromatic carbocycles. The van der Waals surface area contributed by atoms with E-state index >= 15 is 0 Å². The van der Waals surface area contributed by atoms with E-state index in [1.54, 1.807) is 0 Å². The van der Waals surface area contributed by atoms with Gasteiger partial charge < -0.3 is 23.6 Å². The molecule has 2 fully saturated rings. The van der Waals surface area contributed by atoms with E-state index in [9.17, 15) is 0 Å². The third kappa shape index (κ3) is 2.66. The highest BCUT2D eigenvalue weighted by Gasteiger charge is 2.64. The average Bonchev–Trinajstić information content (AvgIpc) is 3.14. The van der Waals surface area contributed by atoms with Gasteiger partial charge in [0.25, 0.3) is 0 Å². The first kappa shape index (κ1) is 20.2. The Morgan fingerprint density at radius 2 is 1.56 bits per heavy atom. The Morgan fingerprint density at radius 1 is 0.875 bits per heavy atom. The number of hydrogen-bond donors (Lipinski definition) is 0. The molecule has 0 aliphatic carbocycles. The van der Waals surface area contributed by atoms with E-state index in [0.29, 0.717) is 0 Å². The summed E-state index contributed by atoms with van der Waals surface area (Å²) >= 11 is 0. The summed E-state index contributed by atoms with van der Waals surface area (Å²) in [7, 11) is 2.20. The summed E-state index contributed by atoms with van der Waals surface area (Å²) in [4.78, 5) is 4.88. The minimum absolute atomic E-state index is 0.422. The van der Waals surface area contributed by atoms with Crippen LogP contribution in [0.25, 0.3) is 22.0 Å². The van der Waals surface area contributed by atoms with Gasteiger partial charge in [0, 0.05) is 60.1 Å². The van der Waals surface area contributed by atoms with Gasteiger partial charge >= 0.3 is 6.69 Å². The molecule has 0 amide bonds. The highest BCUT2D eigenvalue weighted by atomic mass is 16.7. The number of hydrogen-bond acceptors (Lipinski definition) is 4.